The highest BCUT2D eigenvalue weighted by Crippen LogP contribution is 2.22. The molecular weight excluding hydrogens is 300 g/mol. The minimum Gasteiger partial charge on any atom is -0.478 e. The summed E-state index contributed by atoms with van der Waals surface area (Å²) < 4.78 is 1.57. The summed E-state index contributed by atoms with van der Waals surface area (Å²) >= 11 is 1.20. The predicted octanol–water partition coefficient (Wildman–Crippen LogP) is 2.77. The SMILES string of the molecule is CCc1nc2scc(C(=O)O)c2c(=O)n1Cc1ccccc1. The average molecular weight is 314 g/mol. The number of carboxylic acids is 1. The van der Waals surface area contributed by atoms with Crippen LogP contribution in [0.5, 0.6) is 0 Å². The van der Waals surface area contributed by atoms with Gasteiger partial charge in [-0.1, -0.05) is 37.3 Å². The summed E-state index contributed by atoms with van der Waals surface area (Å²) in [5.41, 5.74) is 0.721. The topological polar surface area (TPSA) is 72.2 Å². The molecule has 0 radical (unpaired) electrons. The Morgan fingerprint density at radius 2 is 2.05 bits per heavy atom. The van der Waals surface area contributed by atoms with E-state index in [4.69, 9.17) is 0 Å². The number of hydrogen-bond acceptors (Lipinski definition) is 4. The molecule has 0 atom stereocenters. The van der Waals surface area contributed by atoms with Gasteiger partial charge in [-0.25, -0.2) is 9.78 Å². The van der Waals surface area contributed by atoms with Crippen molar-refractivity contribution in [2.75, 3.05) is 0 Å². The molecule has 0 saturated carbocycles. The molecule has 0 aliphatic heterocycles. The van der Waals surface area contributed by atoms with Crippen LogP contribution in [0.2, 0.25) is 0 Å². The molecule has 3 aromatic rings. The van der Waals surface area contributed by atoms with Crippen LogP contribution in [-0.2, 0) is 13.0 Å². The van der Waals surface area contributed by atoms with Crippen LogP contribution < -0.4 is 5.56 Å². The van der Waals surface area contributed by atoms with E-state index in [2.05, 4.69) is 4.98 Å². The van der Waals surface area contributed by atoms with Gasteiger partial charge >= 0.3 is 5.97 Å². The first kappa shape index (κ1) is 14.5. The first-order valence-electron chi connectivity index (χ1n) is 6.90. The molecule has 6 heteroatoms. The van der Waals surface area contributed by atoms with Crippen molar-refractivity contribution in [1.82, 2.24) is 9.55 Å². The van der Waals surface area contributed by atoms with Crippen LogP contribution in [0.1, 0.15) is 28.7 Å². The smallest absolute Gasteiger partial charge is 0.337 e. The first-order valence-corrected chi connectivity index (χ1v) is 7.78. The first-order chi connectivity index (χ1) is 10.6. The third kappa shape index (κ3) is 2.42. The fourth-order valence-corrected chi connectivity index (χ4v) is 3.34. The van der Waals surface area contributed by atoms with Gasteiger partial charge in [-0.15, -0.1) is 11.3 Å². The van der Waals surface area contributed by atoms with Crippen molar-refractivity contribution < 1.29 is 9.90 Å². The number of rotatable bonds is 4. The lowest BCUT2D eigenvalue weighted by Crippen LogP contribution is -2.26. The van der Waals surface area contributed by atoms with Crippen molar-refractivity contribution in [2.45, 2.75) is 19.9 Å². The minimum atomic E-state index is -1.10. The van der Waals surface area contributed by atoms with Gasteiger partial charge in [-0.2, -0.15) is 0 Å². The van der Waals surface area contributed by atoms with E-state index in [0.717, 1.165) is 5.56 Å². The van der Waals surface area contributed by atoms with Gasteiger partial charge in [0.1, 0.15) is 10.7 Å². The zero-order valence-electron chi connectivity index (χ0n) is 11.9. The summed E-state index contributed by atoms with van der Waals surface area (Å²) in [7, 11) is 0. The average Bonchev–Trinajstić information content (AvgIpc) is 2.95. The molecule has 2 heterocycles. The van der Waals surface area contributed by atoms with Crippen LogP contribution in [0.4, 0.5) is 0 Å². The Kier molecular flexibility index (Phi) is 3.77. The zero-order chi connectivity index (χ0) is 15.7. The lowest BCUT2D eigenvalue weighted by Gasteiger charge is -2.11. The number of fused-ring (bicyclic) bond motifs is 1. The van der Waals surface area contributed by atoms with Gasteiger partial charge in [-0.3, -0.25) is 9.36 Å². The molecule has 0 bridgehead atoms. The fraction of sp³-hybridized carbons (Fsp3) is 0.188. The number of aromatic carboxylic acids is 1. The molecule has 0 saturated heterocycles. The number of hydrogen-bond donors (Lipinski definition) is 1. The third-order valence-electron chi connectivity index (χ3n) is 3.50. The summed E-state index contributed by atoms with van der Waals surface area (Å²) in [6.45, 7) is 2.32. The number of thiophene rings is 1. The van der Waals surface area contributed by atoms with E-state index in [1.807, 2.05) is 37.3 Å². The molecular formula is C16H14N2O3S. The van der Waals surface area contributed by atoms with Crippen molar-refractivity contribution in [3.8, 4) is 0 Å². The summed E-state index contributed by atoms with van der Waals surface area (Å²) in [5.74, 6) is -0.430. The summed E-state index contributed by atoms with van der Waals surface area (Å²) in [5, 5.41) is 10.9. The largest absolute Gasteiger partial charge is 0.478 e. The Bertz CT molecular complexity index is 897. The maximum absolute atomic E-state index is 12.8. The molecule has 2 aromatic heterocycles. The summed E-state index contributed by atoms with van der Waals surface area (Å²) in [4.78, 5) is 29.0. The summed E-state index contributed by atoms with van der Waals surface area (Å²) in [6.07, 6.45) is 0.609. The fourth-order valence-electron chi connectivity index (χ4n) is 2.42. The quantitative estimate of drug-likeness (QED) is 0.803. The highest BCUT2D eigenvalue weighted by atomic mass is 32.1. The second kappa shape index (κ2) is 5.73. The molecule has 0 aliphatic carbocycles. The second-order valence-electron chi connectivity index (χ2n) is 4.89. The Morgan fingerprint density at radius 1 is 1.32 bits per heavy atom. The second-order valence-corrected chi connectivity index (χ2v) is 5.75. The van der Waals surface area contributed by atoms with E-state index in [1.165, 1.54) is 16.7 Å². The van der Waals surface area contributed by atoms with Gasteiger partial charge in [0.2, 0.25) is 0 Å². The number of nitrogens with zero attached hydrogens (tertiary/aromatic N) is 2. The summed E-state index contributed by atoms with van der Waals surface area (Å²) in [6, 6.07) is 9.59. The molecule has 3 rings (SSSR count). The van der Waals surface area contributed by atoms with Gasteiger partial charge in [0, 0.05) is 11.8 Å². The Labute approximate surface area is 130 Å². The van der Waals surface area contributed by atoms with Crippen molar-refractivity contribution >= 4 is 27.5 Å². The lowest BCUT2D eigenvalue weighted by atomic mass is 10.2. The Morgan fingerprint density at radius 3 is 2.68 bits per heavy atom. The lowest BCUT2D eigenvalue weighted by molar-refractivity contribution is 0.0699. The molecule has 1 aromatic carbocycles. The van der Waals surface area contributed by atoms with Crippen LogP contribution in [-0.4, -0.2) is 20.6 Å². The van der Waals surface area contributed by atoms with Crippen molar-refractivity contribution in [3.05, 3.63) is 63.0 Å². The van der Waals surface area contributed by atoms with Gasteiger partial charge in [0.25, 0.3) is 5.56 Å². The molecule has 0 amide bonds. The standard InChI is InChI=1S/C16H14N2O3S/c1-2-12-17-14-13(11(9-22-14)16(20)21)15(19)18(12)8-10-6-4-3-5-7-10/h3-7,9H,2,8H2,1H3,(H,20,21). The number of aryl methyl sites for hydroxylation is 1. The van der Waals surface area contributed by atoms with Crippen LogP contribution in [0, 0.1) is 0 Å². The maximum Gasteiger partial charge on any atom is 0.337 e. The van der Waals surface area contributed by atoms with Gasteiger partial charge in [-0.05, 0) is 5.56 Å². The number of aromatic nitrogens is 2. The minimum absolute atomic E-state index is 0.0296. The molecule has 5 nitrogen and oxygen atoms in total. The van der Waals surface area contributed by atoms with E-state index < -0.39 is 5.97 Å². The molecule has 0 spiro atoms. The molecule has 0 fully saturated rings. The molecule has 0 unspecified atom stereocenters. The van der Waals surface area contributed by atoms with E-state index >= 15 is 0 Å². The molecule has 22 heavy (non-hydrogen) atoms. The number of carbonyl (C=O) groups is 1. The normalized spacial score (nSPS) is 11.0. The monoisotopic (exact) mass is 314 g/mol. The maximum atomic E-state index is 12.8. The predicted molar refractivity (Wildman–Crippen MR) is 85.8 cm³/mol. The zero-order valence-corrected chi connectivity index (χ0v) is 12.8. The van der Waals surface area contributed by atoms with Crippen molar-refractivity contribution in [2.24, 2.45) is 0 Å². The molecule has 1 N–H and O–H groups in total. The van der Waals surface area contributed by atoms with Crippen LogP contribution in [0.25, 0.3) is 10.2 Å². The van der Waals surface area contributed by atoms with E-state index in [9.17, 15) is 14.7 Å². The van der Waals surface area contributed by atoms with E-state index in [1.54, 1.807) is 4.57 Å². The van der Waals surface area contributed by atoms with Crippen LogP contribution in [0.3, 0.4) is 0 Å². The number of carboxylic acid groups (broad SMARTS) is 1. The van der Waals surface area contributed by atoms with Crippen molar-refractivity contribution in [1.29, 1.82) is 0 Å². The number of benzene rings is 1. The Balaban J connectivity index is 2.23. The van der Waals surface area contributed by atoms with Gasteiger partial charge in [0.05, 0.1) is 17.5 Å². The van der Waals surface area contributed by atoms with E-state index in [-0.39, 0.29) is 16.5 Å². The van der Waals surface area contributed by atoms with Crippen LogP contribution >= 0.6 is 11.3 Å². The van der Waals surface area contributed by atoms with Crippen LogP contribution in [0.15, 0.2) is 40.5 Å². The molecule has 0 aliphatic rings. The third-order valence-corrected chi connectivity index (χ3v) is 4.38. The Hall–Kier alpha value is -2.47. The van der Waals surface area contributed by atoms with Gasteiger partial charge in [0.15, 0.2) is 0 Å². The van der Waals surface area contributed by atoms with E-state index in [0.29, 0.717) is 23.6 Å². The molecule has 112 valence electrons. The van der Waals surface area contributed by atoms with Gasteiger partial charge < -0.3 is 5.11 Å². The highest BCUT2D eigenvalue weighted by molar-refractivity contribution is 7.17. The van der Waals surface area contributed by atoms with Crippen molar-refractivity contribution in [3.63, 3.8) is 0 Å². The highest BCUT2D eigenvalue weighted by Gasteiger charge is 2.19.